The number of nitrogens with one attached hydrogen (secondary N) is 1. The Morgan fingerprint density at radius 3 is 1.63 bits per heavy atom. The van der Waals surface area contributed by atoms with Crippen LogP contribution < -0.4 is 0 Å². The van der Waals surface area contributed by atoms with E-state index in [4.69, 9.17) is 4.43 Å². The maximum Gasteiger partial charge on any atom is 2.00 e. The molecular weight excluding hydrogens is 390 g/mol. The van der Waals surface area contributed by atoms with Crippen LogP contribution >= 0.6 is 0 Å². The summed E-state index contributed by atoms with van der Waals surface area (Å²) in [5.41, 5.74) is 8.53. The van der Waals surface area contributed by atoms with Gasteiger partial charge in [-0.25, -0.2) is 0 Å². The fourth-order valence-corrected chi connectivity index (χ4v) is 5.72. The average Bonchev–Trinajstić information content (AvgIpc) is 3.19. The molecule has 4 heteroatoms. The van der Waals surface area contributed by atoms with Crippen molar-refractivity contribution in [3.8, 4) is 0 Å². The Hall–Kier alpha value is -0.674. The van der Waals surface area contributed by atoms with E-state index in [-0.39, 0.29) is 31.9 Å². The number of rotatable bonds is 6. The van der Waals surface area contributed by atoms with E-state index < -0.39 is 8.32 Å². The van der Waals surface area contributed by atoms with Gasteiger partial charge in [-0.05, 0) is 30.3 Å². The second-order valence-corrected chi connectivity index (χ2v) is 11.6. The van der Waals surface area contributed by atoms with Crippen LogP contribution in [0.25, 0.3) is 0 Å². The van der Waals surface area contributed by atoms with Crippen LogP contribution in [-0.4, -0.2) is 13.3 Å². The molecule has 2 nitrogen and oxygen atoms in total. The number of hydrogen-bond acceptors (Lipinski definition) is 1. The maximum absolute atomic E-state index is 6.13. The molecule has 0 amide bonds. The Morgan fingerprint density at radius 1 is 0.926 bits per heavy atom. The molecule has 1 aromatic heterocycles. The molecule has 0 atom stereocenters. The van der Waals surface area contributed by atoms with Crippen molar-refractivity contribution in [2.24, 2.45) is 0 Å². The van der Waals surface area contributed by atoms with Gasteiger partial charge < -0.3 is 24.3 Å². The predicted molar refractivity (Wildman–Crippen MR) is 121 cm³/mol. The molecule has 1 N–H and O–H groups in total. The molecule has 1 heterocycles. The van der Waals surface area contributed by atoms with Crippen molar-refractivity contribution in [3.63, 3.8) is 0 Å². The summed E-state index contributed by atoms with van der Waals surface area (Å²) in [4.78, 5) is 3.18. The van der Waals surface area contributed by atoms with E-state index in [0.717, 1.165) is 6.61 Å². The van der Waals surface area contributed by atoms with Crippen molar-refractivity contribution in [2.45, 2.75) is 80.1 Å². The third kappa shape index (κ3) is 8.07. The van der Waals surface area contributed by atoms with Gasteiger partial charge in [-0.15, -0.1) is 0 Å². The molecule has 0 radical (unpaired) electrons. The first-order valence-electron chi connectivity index (χ1n) is 9.27. The van der Waals surface area contributed by atoms with Gasteiger partial charge in [0.05, 0.1) is 6.61 Å². The summed E-state index contributed by atoms with van der Waals surface area (Å²) in [6.45, 7) is 18.5. The van der Waals surface area contributed by atoms with Gasteiger partial charge in [0.15, 0.2) is 8.32 Å². The van der Waals surface area contributed by atoms with Crippen LogP contribution in [0.5, 0.6) is 0 Å². The van der Waals surface area contributed by atoms with Crippen LogP contribution in [0, 0.1) is 49.5 Å². The van der Waals surface area contributed by atoms with Crippen molar-refractivity contribution in [3.05, 3.63) is 66.7 Å². The number of aromatic nitrogens is 1. The Kier molecular flexibility index (Phi) is 16.5. The zero-order valence-electron chi connectivity index (χ0n) is 19.3. The zero-order valence-corrected chi connectivity index (χ0v) is 21.4. The Balaban J connectivity index is -0.000000400. The van der Waals surface area contributed by atoms with Gasteiger partial charge in [0, 0.05) is 11.9 Å². The molecule has 1 aromatic carbocycles. The molecule has 0 fully saturated rings. The number of H-pyrrole nitrogens is 1. The van der Waals surface area contributed by atoms with Gasteiger partial charge in [0.1, 0.15) is 0 Å². The predicted octanol–water partition coefficient (Wildman–Crippen LogP) is 7.38. The van der Waals surface area contributed by atoms with E-state index in [1.54, 1.807) is 0 Å². The standard InChI is InChI=1S/C11H21NOSi.C10H15.2CH3.Fe/c1-4-14(5-2,6-3)13-10-11-8-7-9-12-11;1-6-7(2)9(4)10(5)8(6)3;;;/h7-9,12H,4-6,10H2,1-3H3;1-5H3;2*1H3;/q;3*-1;+2. The normalized spacial score (nSPS) is 10.1. The van der Waals surface area contributed by atoms with E-state index in [0.29, 0.717) is 0 Å². The van der Waals surface area contributed by atoms with Crippen molar-refractivity contribution < 1.29 is 21.5 Å². The fraction of sp³-hybridized carbons (Fsp3) is 0.522. The van der Waals surface area contributed by atoms with Crippen LogP contribution in [0.15, 0.2) is 18.3 Å². The summed E-state index contributed by atoms with van der Waals surface area (Å²) in [5.74, 6) is 0. The molecule has 0 spiro atoms. The zero-order chi connectivity index (χ0) is 18.3. The first-order valence-corrected chi connectivity index (χ1v) is 11.8. The quantitative estimate of drug-likeness (QED) is 0.374. The van der Waals surface area contributed by atoms with Gasteiger partial charge in [-0.2, -0.15) is 27.8 Å². The maximum atomic E-state index is 6.13. The molecule has 0 aliphatic carbocycles. The second-order valence-electron chi connectivity index (χ2n) is 6.85. The molecule has 0 unspecified atom stereocenters. The minimum atomic E-state index is -1.39. The van der Waals surface area contributed by atoms with E-state index in [1.807, 2.05) is 12.3 Å². The largest absolute Gasteiger partial charge is 2.00 e. The summed E-state index contributed by atoms with van der Waals surface area (Å²) in [6.07, 6.45) is 1.95. The fourth-order valence-electron chi connectivity index (χ4n) is 3.15. The Morgan fingerprint density at radius 2 is 1.37 bits per heavy atom. The monoisotopic (exact) mass is 432 g/mol. The molecule has 0 saturated heterocycles. The van der Waals surface area contributed by atoms with E-state index in [1.165, 1.54) is 51.6 Å². The topological polar surface area (TPSA) is 25.0 Å². The molecule has 0 aliphatic rings. The van der Waals surface area contributed by atoms with E-state index >= 15 is 0 Å². The molecule has 2 aromatic rings. The van der Waals surface area contributed by atoms with Crippen LogP contribution in [0.3, 0.4) is 0 Å². The van der Waals surface area contributed by atoms with Crippen LogP contribution in [-0.2, 0) is 28.1 Å². The van der Waals surface area contributed by atoms with Crippen molar-refractivity contribution in [2.75, 3.05) is 0 Å². The first kappa shape index (κ1) is 31.0. The minimum absolute atomic E-state index is 0. The van der Waals surface area contributed by atoms with Crippen LogP contribution in [0.4, 0.5) is 0 Å². The van der Waals surface area contributed by atoms with Crippen molar-refractivity contribution in [1.82, 2.24) is 4.98 Å². The van der Waals surface area contributed by atoms with E-state index in [9.17, 15) is 0 Å². The van der Waals surface area contributed by atoms with Crippen molar-refractivity contribution in [1.29, 1.82) is 0 Å². The van der Waals surface area contributed by atoms with Gasteiger partial charge in [-0.1, -0.05) is 55.4 Å². The Labute approximate surface area is 181 Å². The van der Waals surface area contributed by atoms with Crippen molar-refractivity contribution >= 4 is 8.32 Å². The average molecular weight is 433 g/mol. The van der Waals surface area contributed by atoms with Crippen LogP contribution in [0.2, 0.25) is 18.1 Å². The second kappa shape index (κ2) is 14.3. The third-order valence-electron chi connectivity index (χ3n) is 5.94. The van der Waals surface area contributed by atoms with Gasteiger partial charge in [0.2, 0.25) is 0 Å². The SMILES string of the molecule is CC[Si](CC)(CC)OCc1ccc[nH]1.Cc1c(C)c(C)[c-](C)c1C.[CH3-].[CH3-].[Fe+2]. The molecule has 2 rings (SSSR count). The number of aromatic amines is 1. The van der Waals surface area contributed by atoms with Gasteiger partial charge in [0.25, 0.3) is 0 Å². The van der Waals surface area contributed by atoms with Crippen LogP contribution in [0.1, 0.15) is 54.3 Å². The third-order valence-corrected chi connectivity index (χ3v) is 10.6. The van der Waals surface area contributed by atoms with E-state index in [2.05, 4.69) is 66.4 Å². The molecular formula is C23H42FeNOSi-. The minimum Gasteiger partial charge on any atom is -0.411 e. The Bertz CT molecular complexity index is 524. The summed E-state index contributed by atoms with van der Waals surface area (Å²) >= 11 is 0. The summed E-state index contributed by atoms with van der Waals surface area (Å²) in [5, 5.41) is 0. The number of hydrogen-bond donors (Lipinski definition) is 1. The summed E-state index contributed by atoms with van der Waals surface area (Å²) < 4.78 is 6.13. The van der Waals surface area contributed by atoms with Gasteiger partial charge >= 0.3 is 17.1 Å². The molecule has 0 bridgehead atoms. The summed E-state index contributed by atoms with van der Waals surface area (Å²) in [6, 6.07) is 7.77. The van der Waals surface area contributed by atoms with Gasteiger partial charge in [-0.3, -0.25) is 0 Å². The summed E-state index contributed by atoms with van der Waals surface area (Å²) in [7, 11) is -1.39. The first-order chi connectivity index (χ1) is 11.3. The smallest absolute Gasteiger partial charge is 0.411 e. The molecule has 27 heavy (non-hydrogen) atoms. The molecule has 158 valence electrons. The molecule has 0 aliphatic heterocycles. The molecule has 0 saturated carbocycles.